The first kappa shape index (κ1) is 12.1. The first-order valence-corrected chi connectivity index (χ1v) is 6.25. The molecule has 1 aromatic heterocycles. The Morgan fingerprint density at radius 3 is 2.76 bits per heavy atom. The smallest absolute Gasteiger partial charge is 0.158 e. The molecule has 0 radical (unpaired) electrons. The highest BCUT2D eigenvalue weighted by Crippen LogP contribution is 2.19. The molecular formula is C12H20N4O. The summed E-state index contributed by atoms with van der Waals surface area (Å²) in [6.07, 6.45) is 3.76. The third kappa shape index (κ3) is 3.30. The second kappa shape index (κ2) is 5.82. The Balaban J connectivity index is 2.12. The first-order valence-electron chi connectivity index (χ1n) is 6.25. The second-order valence-corrected chi connectivity index (χ2v) is 4.25. The summed E-state index contributed by atoms with van der Waals surface area (Å²) in [5.74, 6) is 2.13. The van der Waals surface area contributed by atoms with E-state index in [1.165, 1.54) is 19.3 Å². The van der Waals surface area contributed by atoms with Crippen LogP contribution in [0.4, 0.5) is 11.6 Å². The molecule has 0 unspecified atom stereocenters. The Labute approximate surface area is 102 Å². The summed E-state index contributed by atoms with van der Waals surface area (Å²) in [6.45, 7) is 5.17. The van der Waals surface area contributed by atoms with Crippen LogP contribution in [0.1, 0.15) is 32.0 Å². The quantitative estimate of drug-likeness (QED) is 0.860. The third-order valence-corrected chi connectivity index (χ3v) is 2.89. The first-order chi connectivity index (χ1) is 8.29. The lowest BCUT2D eigenvalue weighted by Gasteiger charge is -2.28. The molecule has 0 saturated carbocycles. The van der Waals surface area contributed by atoms with Crippen molar-refractivity contribution in [3.05, 3.63) is 11.9 Å². The molecule has 5 heteroatoms. The molecule has 2 heterocycles. The fraction of sp³-hybridized carbons (Fsp3) is 0.667. The van der Waals surface area contributed by atoms with Gasteiger partial charge in [0.05, 0.1) is 0 Å². The van der Waals surface area contributed by atoms with Gasteiger partial charge in [-0.2, -0.15) is 0 Å². The maximum atomic E-state index is 5.80. The van der Waals surface area contributed by atoms with Crippen LogP contribution in [0.3, 0.4) is 0 Å². The number of ether oxygens (including phenoxy) is 1. The zero-order valence-corrected chi connectivity index (χ0v) is 10.4. The van der Waals surface area contributed by atoms with Crippen LogP contribution in [0.2, 0.25) is 0 Å². The Kier molecular flexibility index (Phi) is 4.14. The normalized spacial score (nSPS) is 16.2. The van der Waals surface area contributed by atoms with Gasteiger partial charge in [0.15, 0.2) is 5.82 Å². The standard InChI is InChI=1S/C12H20N4O/c1-2-17-9-11-14-10(13)8-12(15-11)16-6-4-3-5-7-16/h8H,2-7,9H2,1H3,(H2,13,14,15). The molecule has 2 N–H and O–H groups in total. The van der Waals surface area contributed by atoms with E-state index >= 15 is 0 Å². The van der Waals surface area contributed by atoms with Crippen molar-refractivity contribution in [2.24, 2.45) is 0 Å². The van der Waals surface area contributed by atoms with Gasteiger partial charge in [-0.1, -0.05) is 0 Å². The molecule has 0 aliphatic carbocycles. The maximum Gasteiger partial charge on any atom is 0.158 e. The zero-order chi connectivity index (χ0) is 12.1. The van der Waals surface area contributed by atoms with Gasteiger partial charge in [0, 0.05) is 25.8 Å². The summed E-state index contributed by atoms with van der Waals surface area (Å²) >= 11 is 0. The number of hydrogen-bond acceptors (Lipinski definition) is 5. The molecule has 94 valence electrons. The van der Waals surface area contributed by atoms with Crippen molar-refractivity contribution in [1.82, 2.24) is 9.97 Å². The molecule has 0 amide bonds. The molecule has 0 aromatic carbocycles. The van der Waals surface area contributed by atoms with Crippen LogP contribution in [-0.2, 0) is 11.3 Å². The monoisotopic (exact) mass is 236 g/mol. The van der Waals surface area contributed by atoms with Gasteiger partial charge in [-0.05, 0) is 26.2 Å². The van der Waals surface area contributed by atoms with Gasteiger partial charge in [-0.15, -0.1) is 0 Å². The number of aromatic nitrogens is 2. The summed E-state index contributed by atoms with van der Waals surface area (Å²) in [5.41, 5.74) is 5.80. The molecule has 5 nitrogen and oxygen atoms in total. The molecule has 0 atom stereocenters. The van der Waals surface area contributed by atoms with Gasteiger partial charge in [-0.25, -0.2) is 9.97 Å². The van der Waals surface area contributed by atoms with E-state index in [1.54, 1.807) is 0 Å². The average molecular weight is 236 g/mol. The van der Waals surface area contributed by atoms with Gasteiger partial charge in [0.25, 0.3) is 0 Å². The Hall–Kier alpha value is -1.36. The molecule has 0 spiro atoms. The largest absolute Gasteiger partial charge is 0.384 e. The average Bonchev–Trinajstić information content (AvgIpc) is 2.37. The number of rotatable bonds is 4. The number of nitrogen functional groups attached to an aromatic ring is 1. The van der Waals surface area contributed by atoms with Crippen LogP contribution in [-0.4, -0.2) is 29.7 Å². The van der Waals surface area contributed by atoms with Gasteiger partial charge in [0.1, 0.15) is 18.2 Å². The number of piperidine rings is 1. The second-order valence-electron chi connectivity index (χ2n) is 4.25. The summed E-state index contributed by atoms with van der Waals surface area (Å²) in [7, 11) is 0. The zero-order valence-electron chi connectivity index (χ0n) is 10.4. The summed E-state index contributed by atoms with van der Waals surface area (Å²) in [6, 6.07) is 1.85. The lowest BCUT2D eigenvalue weighted by Crippen LogP contribution is -2.30. The molecule has 17 heavy (non-hydrogen) atoms. The van der Waals surface area contributed by atoms with E-state index in [9.17, 15) is 0 Å². The van der Waals surface area contributed by atoms with Crippen molar-refractivity contribution in [2.45, 2.75) is 32.8 Å². The number of nitrogens with zero attached hydrogens (tertiary/aromatic N) is 3. The highest BCUT2D eigenvalue weighted by atomic mass is 16.5. The van der Waals surface area contributed by atoms with Crippen LogP contribution in [0.25, 0.3) is 0 Å². The summed E-state index contributed by atoms with van der Waals surface area (Å²) < 4.78 is 5.32. The highest BCUT2D eigenvalue weighted by Gasteiger charge is 2.13. The molecule has 1 aliphatic rings. The molecule has 0 bridgehead atoms. The molecule has 1 saturated heterocycles. The van der Waals surface area contributed by atoms with Crippen LogP contribution >= 0.6 is 0 Å². The van der Waals surface area contributed by atoms with Gasteiger partial charge < -0.3 is 15.4 Å². The fourth-order valence-corrected chi connectivity index (χ4v) is 2.05. The van der Waals surface area contributed by atoms with Crippen LogP contribution < -0.4 is 10.6 Å². The van der Waals surface area contributed by atoms with Crippen molar-refractivity contribution < 1.29 is 4.74 Å². The third-order valence-electron chi connectivity index (χ3n) is 2.89. The minimum absolute atomic E-state index is 0.433. The van der Waals surface area contributed by atoms with E-state index < -0.39 is 0 Å². The van der Waals surface area contributed by atoms with Crippen molar-refractivity contribution >= 4 is 11.6 Å². The van der Waals surface area contributed by atoms with E-state index in [4.69, 9.17) is 10.5 Å². The maximum absolute atomic E-state index is 5.80. The van der Waals surface area contributed by atoms with Crippen molar-refractivity contribution in [2.75, 3.05) is 30.3 Å². The molecule has 1 aromatic rings. The minimum Gasteiger partial charge on any atom is -0.384 e. The van der Waals surface area contributed by atoms with E-state index in [0.29, 0.717) is 24.9 Å². The number of nitrogens with two attached hydrogens (primary N) is 1. The van der Waals surface area contributed by atoms with Gasteiger partial charge in [-0.3, -0.25) is 0 Å². The van der Waals surface area contributed by atoms with Crippen LogP contribution in [0.5, 0.6) is 0 Å². The van der Waals surface area contributed by atoms with Crippen molar-refractivity contribution in [3.63, 3.8) is 0 Å². The predicted molar refractivity (Wildman–Crippen MR) is 67.8 cm³/mol. The van der Waals surface area contributed by atoms with Gasteiger partial charge >= 0.3 is 0 Å². The molecular weight excluding hydrogens is 216 g/mol. The van der Waals surface area contributed by atoms with Crippen LogP contribution in [0.15, 0.2) is 6.07 Å². The van der Waals surface area contributed by atoms with E-state index in [-0.39, 0.29) is 0 Å². The minimum atomic E-state index is 0.433. The van der Waals surface area contributed by atoms with E-state index in [0.717, 1.165) is 18.9 Å². The molecule has 2 rings (SSSR count). The van der Waals surface area contributed by atoms with Crippen LogP contribution in [0, 0.1) is 0 Å². The SMILES string of the molecule is CCOCc1nc(N)cc(N2CCCCC2)n1. The Morgan fingerprint density at radius 1 is 1.29 bits per heavy atom. The lowest BCUT2D eigenvalue weighted by atomic mass is 10.1. The van der Waals surface area contributed by atoms with E-state index in [1.807, 2.05) is 13.0 Å². The predicted octanol–water partition coefficient (Wildman–Crippen LogP) is 1.59. The number of hydrogen-bond donors (Lipinski definition) is 1. The summed E-state index contributed by atoms with van der Waals surface area (Å²) in [4.78, 5) is 11.0. The van der Waals surface area contributed by atoms with Crippen molar-refractivity contribution in [3.8, 4) is 0 Å². The summed E-state index contributed by atoms with van der Waals surface area (Å²) in [5, 5.41) is 0. The topological polar surface area (TPSA) is 64.3 Å². The Bertz CT molecular complexity index is 364. The highest BCUT2D eigenvalue weighted by molar-refractivity contribution is 5.47. The fourth-order valence-electron chi connectivity index (χ4n) is 2.05. The van der Waals surface area contributed by atoms with Crippen molar-refractivity contribution in [1.29, 1.82) is 0 Å². The lowest BCUT2D eigenvalue weighted by molar-refractivity contribution is 0.128. The number of anilines is 2. The molecule has 1 aliphatic heterocycles. The van der Waals surface area contributed by atoms with Gasteiger partial charge in [0.2, 0.25) is 0 Å². The van der Waals surface area contributed by atoms with E-state index in [2.05, 4.69) is 14.9 Å². The Morgan fingerprint density at radius 2 is 2.06 bits per heavy atom. The molecule has 1 fully saturated rings.